The molecule has 0 aliphatic rings. The number of ether oxygens (including phenoxy) is 2. The van der Waals surface area contributed by atoms with Crippen LogP contribution in [0.4, 0.5) is 0 Å². The molecule has 0 bridgehead atoms. The van der Waals surface area contributed by atoms with Gasteiger partial charge in [0.2, 0.25) is 0 Å². The Morgan fingerprint density at radius 3 is 2.40 bits per heavy atom. The van der Waals surface area contributed by atoms with Crippen LogP contribution in [0.5, 0.6) is 11.5 Å². The van der Waals surface area contributed by atoms with Crippen LogP contribution in [0, 0.1) is 0 Å². The molecule has 0 aliphatic carbocycles. The number of rotatable bonds is 10. The van der Waals surface area contributed by atoms with Gasteiger partial charge in [0.1, 0.15) is 0 Å². The molecule has 1 atom stereocenters. The van der Waals surface area contributed by atoms with Crippen LogP contribution in [0.25, 0.3) is 0 Å². The summed E-state index contributed by atoms with van der Waals surface area (Å²) in [5, 5.41) is 9.62. The van der Waals surface area contributed by atoms with Gasteiger partial charge in [0.25, 0.3) is 0 Å². The fourth-order valence-electron chi connectivity index (χ4n) is 2.43. The van der Waals surface area contributed by atoms with Gasteiger partial charge >= 0.3 is 0 Å². The second kappa shape index (κ2) is 9.65. The van der Waals surface area contributed by atoms with E-state index in [1.165, 1.54) is 38.5 Å². The van der Waals surface area contributed by atoms with Gasteiger partial charge in [0, 0.05) is 7.11 Å². The molecular weight excluding hydrogens is 252 g/mol. The first-order valence-corrected chi connectivity index (χ1v) is 7.62. The van der Waals surface area contributed by atoms with Crippen LogP contribution in [0.1, 0.15) is 63.5 Å². The predicted molar refractivity (Wildman–Crippen MR) is 82.4 cm³/mol. The van der Waals surface area contributed by atoms with Gasteiger partial charge in [-0.25, -0.2) is 0 Å². The number of phenolic OH excluding ortho intramolecular Hbond substituents is 1. The van der Waals surface area contributed by atoms with Crippen molar-refractivity contribution in [3.05, 3.63) is 23.8 Å². The molecule has 0 spiro atoms. The topological polar surface area (TPSA) is 38.7 Å². The van der Waals surface area contributed by atoms with Gasteiger partial charge in [-0.2, -0.15) is 0 Å². The molecular formula is C17H28O3. The van der Waals surface area contributed by atoms with Crippen LogP contribution in [0.15, 0.2) is 18.2 Å². The maximum Gasteiger partial charge on any atom is 0.160 e. The lowest BCUT2D eigenvalue weighted by molar-refractivity contribution is 0.0928. The summed E-state index contributed by atoms with van der Waals surface area (Å²) in [4.78, 5) is 0. The minimum Gasteiger partial charge on any atom is -0.504 e. The Morgan fingerprint density at radius 1 is 1.05 bits per heavy atom. The SMILES string of the molecule is CCCCCCCCC(OC)c1ccc(O)c(OC)c1. The molecule has 1 unspecified atom stereocenters. The molecule has 3 heteroatoms. The van der Waals surface area contributed by atoms with Crippen molar-refractivity contribution in [3.8, 4) is 11.5 Å². The quantitative estimate of drug-likeness (QED) is 0.623. The molecule has 0 fully saturated rings. The third-order valence-electron chi connectivity index (χ3n) is 3.68. The highest BCUT2D eigenvalue weighted by Crippen LogP contribution is 2.32. The van der Waals surface area contributed by atoms with Crippen LogP contribution in [-0.4, -0.2) is 19.3 Å². The van der Waals surface area contributed by atoms with Crippen LogP contribution in [0.2, 0.25) is 0 Å². The third-order valence-corrected chi connectivity index (χ3v) is 3.68. The monoisotopic (exact) mass is 280 g/mol. The zero-order chi connectivity index (χ0) is 14.8. The summed E-state index contributed by atoms with van der Waals surface area (Å²) in [6, 6.07) is 5.44. The molecule has 114 valence electrons. The first-order valence-electron chi connectivity index (χ1n) is 7.62. The lowest BCUT2D eigenvalue weighted by Gasteiger charge is -2.17. The van der Waals surface area contributed by atoms with Gasteiger partial charge in [-0.3, -0.25) is 0 Å². The molecule has 0 aromatic heterocycles. The van der Waals surface area contributed by atoms with E-state index >= 15 is 0 Å². The summed E-state index contributed by atoms with van der Waals surface area (Å²) in [5.74, 6) is 0.679. The Bertz CT molecular complexity index is 376. The van der Waals surface area contributed by atoms with Crippen molar-refractivity contribution in [3.63, 3.8) is 0 Å². The van der Waals surface area contributed by atoms with Crippen molar-refractivity contribution in [2.75, 3.05) is 14.2 Å². The Morgan fingerprint density at radius 2 is 1.75 bits per heavy atom. The highest BCUT2D eigenvalue weighted by molar-refractivity contribution is 5.42. The normalized spacial score (nSPS) is 12.3. The maximum absolute atomic E-state index is 9.62. The van der Waals surface area contributed by atoms with E-state index in [-0.39, 0.29) is 11.9 Å². The van der Waals surface area contributed by atoms with Gasteiger partial charge in [0.05, 0.1) is 13.2 Å². The number of benzene rings is 1. The zero-order valence-corrected chi connectivity index (χ0v) is 13.0. The molecule has 1 N–H and O–H groups in total. The Kier molecular flexibility index (Phi) is 8.12. The lowest BCUT2D eigenvalue weighted by Crippen LogP contribution is -2.02. The Labute approximate surface area is 122 Å². The number of aromatic hydroxyl groups is 1. The average molecular weight is 280 g/mol. The number of unbranched alkanes of at least 4 members (excludes halogenated alkanes) is 5. The van der Waals surface area contributed by atoms with Crippen LogP contribution in [0.3, 0.4) is 0 Å². The molecule has 20 heavy (non-hydrogen) atoms. The van der Waals surface area contributed by atoms with Crippen LogP contribution in [-0.2, 0) is 4.74 Å². The first-order chi connectivity index (χ1) is 9.72. The fraction of sp³-hybridized carbons (Fsp3) is 0.647. The van der Waals surface area contributed by atoms with Gasteiger partial charge in [-0.1, -0.05) is 51.5 Å². The van der Waals surface area contributed by atoms with Crippen molar-refractivity contribution in [2.24, 2.45) is 0 Å². The fourth-order valence-corrected chi connectivity index (χ4v) is 2.43. The Balaban J connectivity index is 2.45. The number of hydrogen-bond donors (Lipinski definition) is 1. The smallest absolute Gasteiger partial charge is 0.160 e. The van der Waals surface area contributed by atoms with E-state index in [2.05, 4.69) is 6.92 Å². The first kappa shape index (κ1) is 16.8. The molecule has 0 saturated heterocycles. The molecule has 1 rings (SSSR count). The molecule has 0 aliphatic heterocycles. The highest BCUT2D eigenvalue weighted by atomic mass is 16.5. The van der Waals surface area contributed by atoms with Crippen molar-refractivity contribution in [1.82, 2.24) is 0 Å². The van der Waals surface area contributed by atoms with Crippen LogP contribution < -0.4 is 4.74 Å². The number of hydrogen-bond acceptors (Lipinski definition) is 3. The predicted octanol–water partition coefficient (Wildman–Crippen LogP) is 4.84. The average Bonchev–Trinajstić information content (AvgIpc) is 2.47. The van der Waals surface area contributed by atoms with Crippen molar-refractivity contribution >= 4 is 0 Å². The zero-order valence-electron chi connectivity index (χ0n) is 13.0. The number of phenols is 1. The van der Waals surface area contributed by atoms with E-state index in [1.807, 2.05) is 12.1 Å². The van der Waals surface area contributed by atoms with Crippen molar-refractivity contribution in [2.45, 2.75) is 58.0 Å². The molecule has 1 aromatic rings. The summed E-state index contributed by atoms with van der Waals surface area (Å²) in [7, 11) is 3.30. The molecule has 0 amide bonds. The maximum atomic E-state index is 9.62. The summed E-state index contributed by atoms with van der Waals surface area (Å²) in [6.07, 6.45) is 8.79. The molecule has 0 radical (unpaired) electrons. The van der Waals surface area contributed by atoms with E-state index in [0.29, 0.717) is 5.75 Å². The molecule has 0 heterocycles. The summed E-state index contributed by atoms with van der Waals surface area (Å²) in [6.45, 7) is 2.24. The van der Waals surface area contributed by atoms with Crippen molar-refractivity contribution < 1.29 is 14.6 Å². The van der Waals surface area contributed by atoms with E-state index in [1.54, 1.807) is 20.3 Å². The van der Waals surface area contributed by atoms with E-state index < -0.39 is 0 Å². The second-order valence-corrected chi connectivity index (χ2v) is 5.21. The van der Waals surface area contributed by atoms with E-state index in [4.69, 9.17) is 9.47 Å². The lowest BCUT2D eigenvalue weighted by atomic mass is 10.0. The Hall–Kier alpha value is -1.22. The minimum absolute atomic E-state index is 0.0793. The summed E-state index contributed by atoms with van der Waals surface area (Å²) in [5.41, 5.74) is 1.07. The summed E-state index contributed by atoms with van der Waals surface area (Å²) < 4.78 is 10.7. The molecule has 3 nitrogen and oxygen atoms in total. The van der Waals surface area contributed by atoms with Gasteiger partial charge in [-0.15, -0.1) is 0 Å². The van der Waals surface area contributed by atoms with Gasteiger partial charge in [-0.05, 0) is 24.1 Å². The minimum atomic E-state index is 0.0793. The van der Waals surface area contributed by atoms with Crippen molar-refractivity contribution in [1.29, 1.82) is 0 Å². The molecule has 1 aromatic carbocycles. The summed E-state index contributed by atoms with van der Waals surface area (Å²) >= 11 is 0. The highest BCUT2D eigenvalue weighted by Gasteiger charge is 2.12. The largest absolute Gasteiger partial charge is 0.504 e. The van der Waals surface area contributed by atoms with E-state index in [9.17, 15) is 5.11 Å². The molecule has 0 saturated carbocycles. The van der Waals surface area contributed by atoms with Crippen LogP contribution >= 0.6 is 0 Å². The second-order valence-electron chi connectivity index (χ2n) is 5.21. The van der Waals surface area contributed by atoms with Gasteiger partial charge in [0.15, 0.2) is 11.5 Å². The van der Waals surface area contributed by atoms with E-state index in [0.717, 1.165) is 12.0 Å². The standard InChI is InChI=1S/C17H28O3/c1-4-5-6-7-8-9-10-16(19-2)14-11-12-15(18)17(13-14)20-3/h11-13,16,18H,4-10H2,1-3H3. The van der Waals surface area contributed by atoms with Gasteiger partial charge < -0.3 is 14.6 Å². The third kappa shape index (κ3) is 5.41. The number of methoxy groups -OCH3 is 2.